The molecule has 2 rings (SSSR count). The number of likely N-dealkylation sites (N-methyl/N-ethyl adjacent to an activating group) is 1. The van der Waals surface area contributed by atoms with E-state index in [1.54, 1.807) is 4.90 Å². The van der Waals surface area contributed by atoms with Crippen LogP contribution in [0.5, 0.6) is 0 Å². The number of nitrogens with two attached hydrogens (primary N) is 1. The van der Waals surface area contributed by atoms with E-state index in [0.717, 1.165) is 25.9 Å². The van der Waals surface area contributed by atoms with Crippen LogP contribution in [0.25, 0.3) is 0 Å². The number of nitrogens with zero attached hydrogens (tertiary/aromatic N) is 2. The second kappa shape index (κ2) is 8.45. The van der Waals surface area contributed by atoms with Crippen LogP contribution in [0, 0.1) is 5.92 Å². The molecular weight excluding hydrogens is 284 g/mol. The maximum absolute atomic E-state index is 12.6. The van der Waals surface area contributed by atoms with Crippen LogP contribution in [-0.4, -0.2) is 80.1 Å². The van der Waals surface area contributed by atoms with Gasteiger partial charge in [-0.25, -0.2) is 0 Å². The Hall–Kier alpha value is -1.18. The number of rotatable bonds is 5. The fraction of sp³-hybridized carbons (Fsp3) is 0.867. The van der Waals surface area contributed by atoms with Crippen molar-refractivity contribution in [3.63, 3.8) is 0 Å². The Morgan fingerprint density at radius 1 is 1.32 bits per heavy atom. The molecule has 7 heteroatoms. The van der Waals surface area contributed by atoms with Crippen LogP contribution in [0.2, 0.25) is 0 Å². The monoisotopic (exact) mass is 312 g/mol. The minimum absolute atomic E-state index is 0.00250. The predicted octanol–water partition coefficient (Wildman–Crippen LogP) is -0.979. The normalized spacial score (nSPS) is 26.7. The number of carbonyl (C=O) groups is 2. The van der Waals surface area contributed by atoms with Crippen LogP contribution in [0.3, 0.4) is 0 Å². The molecule has 2 amide bonds. The van der Waals surface area contributed by atoms with E-state index in [1.165, 1.54) is 0 Å². The Balaban J connectivity index is 1.88. The number of hydrogen-bond acceptors (Lipinski definition) is 5. The molecule has 0 radical (unpaired) electrons. The van der Waals surface area contributed by atoms with Gasteiger partial charge in [0, 0.05) is 39.3 Å². The molecule has 22 heavy (non-hydrogen) atoms. The highest BCUT2D eigenvalue weighted by molar-refractivity contribution is 5.83. The first-order chi connectivity index (χ1) is 10.7. The zero-order valence-corrected chi connectivity index (χ0v) is 13.4. The highest BCUT2D eigenvalue weighted by Gasteiger charge is 2.34. The minimum Gasteiger partial charge on any atom is -0.366 e. The highest BCUT2D eigenvalue weighted by Crippen LogP contribution is 2.19. The highest BCUT2D eigenvalue weighted by atomic mass is 16.5. The quantitative estimate of drug-likeness (QED) is 0.681. The summed E-state index contributed by atoms with van der Waals surface area (Å²) in [6.07, 6.45) is 1.29. The van der Waals surface area contributed by atoms with Gasteiger partial charge < -0.3 is 20.7 Å². The summed E-state index contributed by atoms with van der Waals surface area (Å²) >= 11 is 0. The SMILES string of the molecule is CCN1CCOC(C(=O)N2CCCC(C(=O)NCCN)C2)C1. The average Bonchev–Trinajstić information content (AvgIpc) is 2.59. The van der Waals surface area contributed by atoms with Gasteiger partial charge in [-0.15, -0.1) is 0 Å². The lowest BCUT2D eigenvalue weighted by Crippen LogP contribution is -2.54. The molecular formula is C15H28N4O3. The lowest BCUT2D eigenvalue weighted by molar-refractivity contribution is -0.151. The van der Waals surface area contributed by atoms with Crippen molar-refractivity contribution in [1.82, 2.24) is 15.1 Å². The van der Waals surface area contributed by atoms with E-state index in [2.05, 4.69) is 17.1 Å². The van der Waals surface area contributed by atoms with Gasteiger partial charge in [0.1, 0.15) is 6.10 Å². The lowest BCUT2D eigenvalue weighted by Gasteiger charge is -2.37. The van der Waals surface area contributed by atoms with Crippen molar-refractivity contribution in [3.05, 3.63) is 0 Å². The van der Waals surface area contributed by atoms with Crippen LogP contribution >= 0.6 is 0 Å². The van der Waals surface area contributed by atoms with E-state index in [4.69, 9.17) is 10.5 Å². The van der Waals surface area contributed by atoms with Crippen LogP contribution in [-0.2, 0) is 14.3 Å². The van der Waals surface area contributed by atoms with Crippen molar-refractivity contribution in [2.75, 3.05) is 52.4 Å². The second-order valence-electron chi connectivity index (χ2n) is 5.96. The van der Waals surface area contributed by atoms with E-state index in [0.29, 0.717) is 39.3 Å². The van der Waals surface area contributed by atoms with Crippen molar-refractivity contribution in [3.8, 4) is 0 Å². The van der Waals surface area contributed by atoms with Gasteiger partial charge >= 0.3 is 0 Å². The summed E-state index contributed by atoms with van der Waals surface area (Å²) in [7, 11) is 0. The molecule has 2 atom stereocenters. The van der Waals surface area contributed by atoms with Crippen LogP contribution in [0.1, 0.15) is 19.8 Å². The first-order valence-corrected chi connectivity index (χ1v) is 8.26. The molecule has 7 nitrogen and oxygen atoms in total. The molecule has 2 unspecified atom stereocenters. The summed E-state index contributed by atoms with van der Waals surface area (Å²) in [5.74, 6) is -0.104. The predicted molar refractivity (Wildman–Crippen MR) is 83.2 cm³/mol. The van der Waals surface area contributed by atoms with E-state index in [-0.39, 0.29) is 23.8 Å². The maximum atomic E-state index is 12.6. The van der Waals surface area contributed by atoms with E-state index < -0.39 is 0 Å². The van der Waals surface area contributed by atoms with E-state index in [9.17, 15) is 9.59 Å². The molecule has 0 aromatic rings. The van der Waals surface area contributed by atoms with E-state index >= 15 is 0 Å². The summed E-state index contributed by atoms with van der Waals surface area (Å²) in [6.45, 7) is 7.26. The van der Waals surface area contributed by atoms with Gasteiger partial charge in [-0.05, 0) is 19.4 Å². The zero-order valence-electron chi connectivity index (χ0n) is 13.4. The molecule has 2 saturated heterocycles. The molecule has 0 aromatic carbocycles. The number of morpholine rings is 1. The van der Waals surface area contributed by atoms with Gasteiger partial charge in [0.05, 0.1) is 12.5 Å². The molecule has 0 aliphatic carbocycles. The zero-order chi connectivity index (χ0) is 15.9. The first-order valence-electron chi connectivity index (χ1n) is 8.26. The van der Waals surface area contributed by atoms with Crippen molar-refractivity contribution in [2.24, 2.45) is 11.7 Å². The lowest BCUT2D eigenvalue weighted by atomic mass is 9.96. The fourth-order valence-corrected chi connectivity index (χ4v) is 3.07. The topological polar surface area (TPSA) is 87.9 Å². The first kappa shape index (κ1) is 17.2. The van der Waals surface area contributed by atoms with Gasteiger partial charge in [0.25, 0.3) is 5.91 Å². The molecule has 0 spiro atoms. The third-order valence-corrected chi connectivity index (χ3v) is 4.42. The van der Waals surface area contributed by atoms with Gasteiger partial charge in [-0.3, -0.25) is 14.5 Å². The number of nitrogens with one attached hydrogen (secondary N) is 1. The molecule has 2 aliphatic heterocycles. The Morgan fingerprint density at radius 2 is 2.14 bits per heavy atom. The van der Waals surface area contributed by atoms with Gasteiger partial charge in [-0.1, -0.05) is 6.92 Å². The Labute approximate surface area is 132 Å². The smallest absolute Gasteiger partial charge is 0.253 e. The molecule has 2 aliphatic rings. The number of likely N-dealkylation sites (tertiary alicyclic amines) is 1. The van der Waals surface area contributed by atoms with Gasteiger partial charge in [0.2, 0.25) is 5.91 Å². The Bertz CT molecular complexity index is 391. The number of ether oxygens (including phenoxy) is 1. The molecule has 2 fully saturated rings. The summed E-state index contributed by atoms with van der Waals surface area (Å²) in [4.78, 5) is 28.7. The molecule has 2 heterocycles. The van der Waals surface area contributed by atoms with Crippen molar-refractivity contribution in [2.45, 2.75) is 25.9 Å². The number of piperidine rings is 1. The maximum Gasteiger partial charge on any atom is 0.253 e. The largest absolute Gasteiger partial charge is 0.366 e. The van der Waals surface area contributed by atoms with Crippen LogP contribution in [0.15, 0.2) is 0 Å². The second-order valence-corrected chi connectivity index (χ2v) is 5.96. The minimum atomic E-state index is -0.389. The van der Waals surface area contributed by atoms with Gasteiger partial charge in [0.15, 0.2) is 0 Å². The third kappa shape index (κ3) is 4.41. The van der Waals surface area contributed by atoms with Crippen molar-refractivity contribution in [1.29, 1.82) is 0 Å². The Kier molecular flexibility index (Phi) is 6.60. The number of hydrogen-bond donors (Lipinski definition) is 2. The van der Waals surface area contributed by atoms with Gasteiger partial charge in [-0.2, -0.15) is 0 Å². The van der Waals surface area contributed by atoms with Crippen LogP contribution in [0.4, 0.5) is 0 Å². The average molecular weight is 312 g/mol. The Morgan fingerprint density at radius 3 is 2.86 bits per heavy atom. The van der Waals surface area contributed by atoms with Crippen molar-refractivity contribution >= 4 is 11.8 Å². The van der Waals surface area contributed by atoms with Crippen molar-refractivity contribution < 1.29 is 14.3 Å². The summed E-state index contributed by atoms with van der Waals surface area (Å²) in [6, 6.07) is 0. The molecule has 0 bridgehead atoms. The summed E-state index contributed by atoms with van der Waals surface area (Å²) < 4.78 is 5.64. The summed E-state index contributed by atoms with van der Waals surface area (Å²) in [5, 5.41) is 2.82. The summed E-state index contributed by atoms with van der Waals surface area (Å²) in [5.41, 5.74) is 5.41. The standard InChI is InChI=1S/C15H28N4O3/c1-2-18-8-9-22-13(11-18)15(21)19-7-3-4-12(10-19)14(20)17-6-5-16/h12-13H,2-11,16H2,1H3,(H,17,20). The molecule has 0 aromatic heterocycles. The number of amides is 2. The molecule has 3 N–H and O–H groups in total. The third-order valence-electron chi connectivity index (χ3n) is 4.42. The molecule has 0 saturated carbocycles. The fourth-order valence-electron chi connectivity index (χ4n) is 3.07. The van der Waals surface area contributed by atoms with E-state index in [1.807, 2.05) is 0 Å². The van der Waals surface area contributed by atoms with Crippen LogP contribution < -0.4 is 11.1 Å². The number of carbonyl (C=O) groups excluding carboxylic acids is 2. The molecule has 126 valence electrons.